The SMILES string of the molecule is CN1CCC(NC(=O)CC(n2ccnc2)C(F)(F)F)c2ccccc21. The van der Waals surface area contributed by atoms with E-state index in [9.17, 15) is 18.0 Å². The maximum absolute atomic E-state index is 13.3. The summed E-state index contributed by atoms with van der Waals surface area (Å²) in [6.45, 7) is 0.728. The zero-order valence-corrected chi connectivity index (χ0v) is 13.7. The van der Waals surface area contributed by atoms with Gasteiger partial charge >= 0.3 is 6.18 Å². The molecule has 25 heavy (non-hydrogen) atoms. The Bertz CT molecular complexity index is 730. The molecule has 0 bridgehead atoms. The highest BCUT2D eigenvalue weighted by atomic mass is 19.4. The monoisotopic (exact) mass is 352 g/mol. The number of alkyl halides is 3. The number of hydrogen-bond donors (Lipinski definition) is 1. The first-order chi connectivity index (χ1) is 11.9. The third kappa shape index (κ3) is 3.78. The summed E-state index contributed by atoms with van der Waals surface area (Å²) in [7, 11) is 1.95. The largest absolute Gasteiger partial charge is 0.409 e. The van der Waals surface area contributed by atoms with Gasteiger partial charge in [-0.1, -0.05) is 18.2 Å². The minimum absolute atomic E-state index is 0.281. The first kappa shape index (κ1) is 17.3. The van der Waals surface area contributed by atoms with E-state index in [2.05, 4.69) is 15.2 Å². The lowest BCUT2D eigenvalue weighted by atomic mass is 9.96. The Balaban J connectivity index is 1.73. The fourth-order valence-electron chi connectivity index (χ4n) is 3.15. The van der Waals surface area contributed by atoms with Gasteiger partial charge in [-0.05, 0) is 18.1 Å². The molecule has 0 saturated heterocycles. The molecule has 2 unspecified atom stereocenters. The second kappa shape index (κ2) is 6.78. The number of hydrogen-bond acceptors (Lipinski definition) is 3. The Morgan fingerprint density at radius 1 is 1.40 bits per heavy atom. The standard InChI is InChI=1S/C17H19F3N4O/c1-23-8-6-13(12-4-2-3-5-14(12)23)22-16(25)10-15(17(18,19)20)24-9-7-21-11-24/h2-5,7,9,11,13,15H,6,8,10H2,1H3,(H,22,25). The van der Waals surface area contributed by atoms with Crippen molar-refractivity contribution in [1.82, 2.24) is 14.9 Å². The van der Waals surface area contributed by atoms with Gasteiger partial charge < -0.3 is 14.8 Å². The van der Waals surface area contributed by atoms with Crippen molar-refractivity contribution in [2.24, 2.45) is 0 Å². The summed E-state index contributed by atoms with van der Waals surface area (Å²) < 4.78 is 40.8. The molecule has 2 aromatic rings. The van der Waals surface area contributed by atoms with Gasteiger partial charge in [0.05, 0.1) is 18.8 Å². The molecule has 1 amide bonds. The Morgan fingerprint density at radius 2 is 2.16 bits per heavy atom. The van der Waals surface area contributed by atoms with Gasteiger partial charge in [0.15, 0.2) is 0 Å². The molecule has 0 saturated carbocycles. The molecule has 8 heteroatoms. The molecule has 1 aliphatic heterocycles. The van der Waals surface area contributed by atoms with E-state index in [1.54, 1.807) is 0 Å². The number of carbonyl (C=O) groups excluding carboxylic acids is 1. The Labute approximate surface area is 143 Å². The summed E-state index contributed by atoms with van der Waals surface area (Å²) in [4.78, 5) is 18.0. The van der Waals surface area contributed by atoms with Crippen LogP contribution in [0, 0.1) is 0 Å². The third-order valence-corrected chi connectivity index (χ3v) is 4.45. The van der Waals surface area contributed by atoms with E-state index in [1.165, 1.54) is 12.4 Å². The Hall–Kier alpha value is -2.51. The van der Waals surface area contributed by atoms with Crippen molar-refractivity contribution in [2.75, 3.05) is 18.5 Å². The number of para-hydroxylation sites is 1. The summed E-state index contributed by atoms with van der Waals surface area (Å²) in [5.41, 5.74) is 1.91. The summed E-state index contributed by atoms with van der Waals surface area (Å²) in [5, 5.41) is 2.76. The van der Waals surface area contributed by atoms with E-state index in [4.69, 9.17) is 0 Å². The molecular weight excluding hydrogens is 333 g/mol. The maximum Gasteiger partial charge on any atom is 0.409 e. The number of imidazole rings is 1. The number of carbonyl (C=O) groups is 1. The number of anilines is 1. The molecule has 0 fully saturated rings. The molecule has 0 radical (unpaired) electrons. The lowest BCUT2D eigenvalue weighted by Crippen LogP contribution is -2.38. The number of benzene rings is 1. The molecule has 2 heterocycles. The summed E-state index contributed by atoms with van der Waals surface area (Å²) in [6.07, 6.45) is -0.978. The van der Waals surface area contributed by atoms with Crippen molar-refractivity contribution < 1.29 is 18.0 Å². The van der Waals surface area contributed by atoms with E-state index in [0.29, 0.717) is 6.42 Å². The molecular formula is C17H19F3N4O. The van der Waals surface area contributed by atoms with E-state index in [1.807, 2.05) is 31.3 Å². The molecule has 2 atom stereocenters. The second-order valence-corrected chi connectivity index (χ2v) is 6.16. The van der Waals surface area contributed by atoms with Gasteiger partial charge in [-0.15, -0.1) is 0 Å². The number of fused-ring (bicyclic) bond motifs is 1. The smallest absolute Gasteiger partial charge is 0.374 e. The van der Waals surface area contributed by atoms with Crippen LogP contribution in [0.25, 0.3) is 0 Å². The van der Waals surface area contributed by atoms with Gasteiger partial charge in [-0.25, -0.2) is 4.98 Å². The van der Waals surface area contributed by atoms with Crippen molar-refractivity contribution in [3.05, 3.63) is 48.5 Å². The predicted molar refractivity (Wildman–Crippen MR) is 87.1 cm³/mol. The normalized spacial score (nSPS) is 18.6. The van der Waals surface area contributed by atoms with Crippen molar-refractivity contribution in [3.63, 3.8) is 0 Å². The van der Waals surface area contributed by atoms with Gasteiger partial charge in [-0.2, -0.15) is 13.2 Å². The summed E-state index contributed by atoms with van der Waals surface area (Å²) in [6, 6.07) is 5.40. The van der Waals surface area contributed by atoms with Gasteiger partial charge in [0.25, 0.3) is 0 Å². The molecule has 0 aliphatic carbocycles. The minimum atomic E-state index is -4.53. The van der Waals surface area contributed by atoms with Crippen LogP contribution in [0.4, 0.5) is 18.9 Å². The molecule has 1 aliphatic rings. The van der Waals surface area contributed by atoms with E-state index in [-0.39, 0.29) is 6.04 Å². The number of rotatable bonds is 4. The molecule has 134 valence electrons. The second-order valence-electron chi connectivity index (χ2n) is 6.16. The van der Waals surface area contributed by atoms with Crippen LogP contribution in [0.5, 0.6) is 0 Å². The van der Waals surface area contributed by atoms with Gasteiger partial charge in [0, 0.05) is 31.7 Å². The highest BCUT2D eigenvalue weighted by Crippen LogP contribution is 2.35. The van der Waals surface area contributed by atoms with Crippen LogP contribution in [0.15, 0.2) is 43.0 Å². The Morgan fingerprint density at radius 3 is 2.84 bits per heavy atom. The average molecular weight is 352 g/mol. The van der Waals surface area contributed by atoms with Gasteiger partial charge in [0.1, 0.15) is 6.04 Å². The quantitative estimate of drug-likeness (QED) is 0.920. The number of nitrogens with zero attached hydrogens (tertiary/aromatic N) is 3. The van der Waals surface area contributed by atoms with Crippen molar-refractivity contribution in [3.8, 4) is 0 Å². The zero-order chi connectivity index (χ0) is 18.0. The van der Waals surface area contributed by atoms with Crippen LogP contribution in [0.1, 0.15) is 30.5 Å². The molecule has 1 N–H and O–H groups in total. The first-order valence-electron chi connectivity index (χ1n) is 8.00. The minimum Gasteiger partial charge on any atom is -0.374 e. The molecule has 1 aromatic carbocycles. The zero-order valence-electron chi connectivity index (χ0n) is 13.7. The molecule has 5 nitrogen and oxygen atoms in total. The average Bonchev–Trinajstić information content (AvgIpc) is 3.08. The number of amides is 1. The van der Waals surface area contributed by atoms with Crippen LogP contribution in [-0.2, 0) is 4.79 Å². The van der Waals surface area contributed by atoms with Gasteiger partial charge in [-0.3, -0.25) is 4.79 Å². The summed E-state index contributed by atoms with van der Waals surface area (Å²) >= 11 is 0. The molecule has 0 spiro atoms. The van der Waals surface area contributed by atoms with Crippen LogP contribution in [-0.4, -0.2) is 35.2 Å². The Kier molecular flexibility index (Phi) is 4.69. The van der Waals surface area contributed by atoms with Crippen molar-refractivity contribution in [2.45, 2.75) is 31.1 Å². The number of nitrogens with one attached hydrogen (secondary N) is 1. The fourth-order valence-corrected chi connectivity index (χ4v) is 3.15. The van der Waals surface area contributed by atoms with Crippen LogP contribution in [0.3, 0.4) is 0 Å². The number of aromatic nitrogens is 2. The van der Waals surface area contributed by atoms with Crippen molar-refractivity contribution in [1.29, 1.82) is 0 Å². The van der Waals surface area contributed by atoms with E-state index < -0.39 is 24.5 Å². The van der Waals surface area contributed by atoms with E-state index >= 15 is 0 Å². The third-order valence-electron chi connectivity index (χ3n) is 4.45. The molecule has 1 aromatic heterocycles. The predicted octanol–water partition coefficient (Wildman–Crippen LogP) is 3.07. The molecule has 3 rings (SSSR count). The van der Waals surface area contributed by atoms with Crippen LogP contribution in [0.2, 0.25) is 0 Å². The fraction of sp³-hybridized carbons (Fsp3) is 0.412. The first-order valence-corrected chi connectivity index (χ1v) is 8.00. The van der Waals surface area contributed by atoms with E-state index in [0.717, 1.165) is 28.7 Å². The summed E-state index contributed by atoms with van der Waals surface area (Å²) in [5.74, 6) is -0.625. The topological polar surface area (TPSA) is 50.2 Å². The highest BCUT2D eigenvalue weighted by Gasteiger charge is 2.42. The lowest BCUT2D eigenvalue weighted by Gasteiger charge is -2.34. The van der Waals surface area contributed by atoms with Crippen LogP contribution >= 0.6 is 0 Å². The van der Waals surface area contributed by atoms with Crippen LogP contribution < -0.4 is 10.2 Å². The maximum atomic E-state index is 13.3. The lowest BCUT2D eigenvalue weighted by molar-refractivity contribution is -0.172. The van der Waals surface area contributed by atoms with Gasteiger partial charge in [0.2, 0.25) is 5.91 Å². The number of halogens is 3. The van der Waals surface area contributed by atoms with Crippen molar-refractivity contribution >= 4 is 11.6 Å². The highest BCUT2D eigenvalue weighted by molar-refractivity contribution is 5.77.